The molecule has 3 rings (SSSR count). The maximum absolute atomic E-state index is 12.7. The fraction of sp³-hybridized carbons (Fsp3) is 0.429. The van der Waals surface area contributed by atoms with E-state index in [1.54, 1.807) is 24.9 Å². The van der Waals surface area contributed by atoms with Crippen molar-refractivity contribution in [2.45, 2.75) is 11.8 Å². The van der Waals surface area contributed by atoms with E-state index >= 15 is 0 Å². The normalized spacial score (nSPS) is 16.9. The molecule has 0 spiro atoms. The molecule has 0 aliphatic carbocycles. The molecule has 0 amide bonds. The summed E-state index contributed by atoms with van der Waals surface area (Å²) in [5, 5.41) is 4.03. The van der Waals surface area contributed by atoms with Crippen molar-refractivity contribution < 1.29 is 8.42 Å². The molecule has 0 atom stereocenters. The van der Waals surface area contributed by atoms with Crippen LogP contribution < -0.4 is 4.90 Å². The molecule has 1 aliphatic heterocycles. The lowest BCUT2D eigenvalue weighted by atomic mass is 10.3. The summed E-state index contributed by atoms with van der Waals surface area (Å²) in [6.45, 7) is 3.94. The molecule has 8 heteroatoms. The number of nitrogens with zero attached hydrogens (tertiary/aromatic N) is 5. The Morgan fingerprint density at radius 2 is 1.86 bits per heavy atom. The quantitative estimate of drug-likeness (QED) is 0.829. The first-order valence-electron chi connectivity index (χ1n) is 7.15. The number of hydrogen-bond acceptors (Lipinski definition) is 5. The van der Waals surface area contributed by atoms with Gasteiger partial charge in [0.15, 0.2) is 0 Å². The van der Waals surface area contributed by atoms with Crippen LogP contribution in [-0.4, -0.2) is 53.7 Å². The van der Waals surface area contributed by atoms with E-state index < -0.39 is 10.0 Å². The first-order valence-corrected chi connectivity index (χ1v) is 8.59. The van der Waals surface area contributed by atoms with Crippen molar-refractivity contribution in [2.75, 3.05) is 31.1 Å². The highest BCUT2D eigenvalue weighted by atomic mass is 32.2. The van der Waals surface area contributed by atoms with Crippen LogP contribution in [0.2, 0.25) is 0 Å². The molecule has 1 aliphatic rings. The smallest absolute Gasteiger partial charge is 0.246 e. The highest BCUT2D eigenvalue weighted by Crippen LogP contribution is 2.21. The Morgan fingerprint density at radius 1 is 1.14 bits per heavy atom. The Labute approximate surface area is 130 Å². The van der Waals surface area contributed by atoms with Gasteiger partial charge in [0.2, 0.25) is 10.0 Å². The van der Waals surface area contributed by atoms with Gasteiger partial charge < -0.3 is 4.90 Å². The van der Waals surface area contributed by atoms with E-state index in [0.29, 0.717) is 36.8 Å². The molecule has 2 aromatic rings. The average Bonchev–Trinajstić information content (AvgIpc) is 2.88. The monoisotopic (exact) mass is 321 g/mol. The van der Waals surface area contributed by atoms with Crippen LogP contribution in [0.5, 0.6) is 0 Å². The van der Waals surface area contributed by atoms with Crippen molar-refractivity contribution in [3.05, 3.63) is 36.3 Å². The van der Waals surface area contributed by atoms with E-state index in [1.165, 1.54) is 10.5 Å². The van der Waals surface area contributed by atoms with E-state index in [1.807, 2.05) is 18.2 Å². The SMILES string of the molecule is Cc1c(S(=O)(=O)N2CCN(c3ccccn3)CC2)cnn1C. The van der Waals surface area contributed by atoms with Gasteiger partial charge in [-0.25, -0.2) is 13.4 Å². The zero-order valence-electron chi connectivity index (χ0n) is 12.7. The molecule has 0 bridgehead atoms. The van der Waals surface area contributed by atoms with Crippen LogP contribution in [0.25, 0.3) is 0 Å². The zero-order chi connectivity index (χ0) is 15.7. The molecule has 0 unspecified atom stereocenters. The molecular formula is C14H19N5O2S. The molecule has 7 nitrogen and oxygen atoms in total. The largest absolute Gasteiger partial charge is 0.354 e. The summed E-state index contributed by atoms with van der Waals surface area (Å²) in [5.74, 6) is 0.886. The van der Waals surface area contributed by atoms with Crippen LogP contribution >= 0.6 is 0 Å². The van der Waals surface area contributed by atoms with Gasteiger partial charge in [-0.2, -0.15) is 9.40 Å². The lowest BCUT2D eigenvalue weighted by molar-refractivity contribution is 0.383. The topological polar surface area (TPSA) is 71.3 Å². The fourth-order valence-corrected chi connectivity index (χ4v) is 4.18. The minimum Gasteiger partial charge on any atom is -0.354 e. The van der Waals surface area contributed by atoms with Gasteiger partial charge in [0.25, 0.3) is 0 Å². The third kappa shape index (κ3) is 2.59. The van der Waals surface area contributed by atoms with Crippen LogP contribution in [0.3, 0.4) is 0 Å². The summed E-state index contributed by atoms with van der Waals surface area (Å²) in [4.78, 5) is 6.70. The summed E-state index contributed by atoms with van der Waals surface area (Å²) < 4.78 is 28.5. The van der Waals surface area contributed by atoms with Gasteiger partial charge >= 0.3 is 0 Å². The predicted octanol–water partition coefficient (Wildman–Crippen LogP) is 0.634. The molecule has 0 saturated carbocycles. The second kappa shape index (κ2) is 5.69. The van der Waals surface area contributed by atoms with Crippen molar-refractivity contribution in [1.29, 1.82) is 0 Å². The second-order valence-electron chi connectivity index (χ2n) is 5.30. The maximum Gasteiger partial charge on any atom is 0.246 e. The molecule has 1 saturated heterocycles. The van der Waals surface area contributed by atoms with Crippen molar-refractivity contribution in [3.8, 4) is 0 Å². The average molecular weight is 321 g/mol. The number of rotatable bonds is 3. The first-order chi connectivity index (χ1) is 10.5. The highest BCUT2D eigenvalue weighted by molar-refractivity contribution is 7.89. The lowest BCUT2D eigenvalue weighted by Crippen LogP contribution is -2.49. The molecule has 22 heavy (non-hydrogen) atoms. The number of piperazine rings is 1. The Morgan fingerprint density at radius 3 is 2.41 bits per heavy atom. The summed E-state index contributed by atoms with van der Waals surface area (Å²) in [7, 11) is -1.73. The minimum absolute atomic E-state index is 0.293. The first kappa shape index (κ1) is 15.0. The summed E-state index contributed by atoms with van der Waals surface area (Å²) in [5.41, 5.74) is 0.659. The molecular weight excluding hydrogens is 302 g/mol. The number of hydrogen-bond donors (Lipinski definition) is 0. The van der Waals surface area contributed by atoms with Crippen LogP contribution in [0, 0.1) is 6.92 Å². The number of pyridine rings is 1. The molecule has 0 aromatic carbocycles. The van der Waals surface area contributed by atoms with Gasteiger partial charge in [0.1, 0.15) is 10.7 Å². The Balaban J connectivity index is 1.75. The number of aromatic nitrogens is 3. The van der Waals surface area contributed by atoms with E-state index in [0.717, 1.165) is 5.82 Å². The van der Waals surface area contributed by atoms with Gasteiger partial charge in [-0.15, -0.1) is 0 Å². The summed E-state index contributed by atoms with van der Waals surface area (Å²) >= 11 is 0. The molecule has 0 radical (unpaired) electrons. The zero-order valence-corrected chi connectivity index (χ0v) is 13.5. The van der Waals surface area contributed by atoms with Gasteiger partial charge in [-0.05, 0) is 19.1 Å². The van der Waals surface area contributed by atoms with Crippen LogP contribution in [0.1, 0.15) is 5.69 Å². The van der Waals surface area contributed by atoms with E-state index in [4.69, 9.17) is 0 Å². The number of aryl methyl sites for hydroxylation is 1. The minimum atomic E-state index is -3.47. The Bertz CT molecular complexity index is 749. The Kier molecular flexibility index (Phi) is 3.88. The number of anilines is 1. The molecule has 118 valence electrons. The van der Waals surface area contributed by atoms with Crippen LogP contribution in [0.15, 0.2) is 35.5 Å². The van der Waals surface area contributed by atoms with Gasteiger partial charge in [0.05, 0.1) is 11.9 Å². The van der Waals surface area contributed by atoms with E-state index in [2.05, 4.69) is 15.0 Å². The van der Waals surface area contributed by atoms with Crippen molar-refractivity contribution in [2.24, 2.45) is 7.05 Å². The molecule has 0 N–H and O–H groups in total. The van der Waals surface area contributed by atoms with Gasteiger partial charge in [-0.1, -0.05) is 6.07 Å². The molecule has 1 fully saturated rings. The van der Waals surface area contributed by atoms with Crippen molar-refractivity contribution >= 4 is 15.8 Å². The third-order valence-electron chi connectivity index (χ3n) is 4.02. The van der Waals surface area contributed by atoms with Crippen LogP contribution in [0.4, 0.5) is 5.82 Å². The van der Waals surface area contributed by atoms with Crippen molar-refractivity contribution in [3.63, 3.8) is 0 Å². The Hall–Kier alpha value is -1.93. The van der Waals surface area contributed by atoms with Gasteiger partial charge in [0, 0.05) is 39.4 Å². The standard InChI is InChI=1S/C14H19N5O2S/c1-12-13(11-16-17(12)2)22(20,21)19-9-7-18(8-10-19)14-5-3-4-6-15-14/h3-6,11H,7-10H2,1-2H3. The maximum atomic E-state index is 12.7. The number of sulfonamides is 1. The van der Waals surface area contributed by atoms with Crippen LogP contribution in [-0.2, 0) is 17.1 Å². The lowest BCUT2D eigenvalue weighted by Gasteiger charge is -2.34. The van der Waals surface area contributed by atoms with Gasteiger partial charge in [-0.3, -0.25) is 4.68 Å². The fourth-order valence-electron chi connectivity index (χ4n) is 2.57. The second-order valence-corrected chi connectivity index (χ2v) is 7.20. The van der Waals surface area contributed by atoms with E-state index in [9.17, 15) is 8.42 Å². The summed E-state index contributed by atoms with van der Waals surface area (Å²) in [6.07, 6.45) is 3.17. The van der Waals surface area contributed by atoms with E-state index in [-0.39, 0.29) is 0 Å². The third-order valence-corrected chi connectivity index (χ3v) is 6.02. The molecule has 3 heterocycles. The van der Waals surface area contributed by atoms with Crippen molar-refractivity contribution in [1.82, 2.24) is 19.1 Å². The predicted molar refractivity (Wildman–Crippen MR) is 83.2 cm³/mol. The highest BCUT2D eigenvalue weighted by Gasteiger charge is 2.31. The summed E-state index contributed by atoms with van der Waals surface area (Å²) in [6, 6.07) is 5.75. The molecule has 2 aromatic heterocycles.